The highest BCUT2D eigenvalue weighted by atomic mass is 35.5. The molecule has 342 valence electrons. The highest BCUT2D eigenvalue weighted by Crippen LogP contribution is 2.34. The van der Waals surface area contributed by atoms with Gasteiger partial charge >= 0.3 is 12.0 Å². The molecule has 0 unspecified atom stereocenters. The summed E-state index contributed by atoms with van der Waals surface area (Å²) in [4.78, 5) is 60.9. The summed E-state index contributed by atoms with van der Waals surface area (Å²) in [5.41, 5.74) is 3.77. The number of fused-ring (bicyclic) bond motifs is 1. The van der Waals surface area contributed by atoms with Gasteiger partial charge in [-0.15, -0.1) is 0 Å². The fourth-order valence-electron chi connectivity index (χ4n) is 8.52. The Bertz CT molecular complexity index is 1890. The van der Waals surface area contributed by atoms with Crippen LogP contribution in [0.15, 0.2) is 66.3 Å². The second-order valence-electron chi connectivity index (χ2n) is 17.0. The predicted octanol–water partition coefficient (Wildman–Crippen LogP) is 7.56. The van der Waals surface area contributed by atoms with Crippen LogP contribution >= 0.6 is 23.4 Å². The lowest BCUT2D eigenvalue weighted by Gasteiger charge is -2.29. The number of carbonyl (C=O) groups excluding carboxylic acids is 5. The summed E-state index contributed by atoms with van der Waals surface area (Å²) in [6, 6.07) is 15.3. The van der Waals surface area contributed by atoms with Gasteiger partial charge in [-0.05, 0) is 131 Å². The van der Waals surface area contributed by atoms with E-state index < -0.39 is 0 Å². The highest BCUT2D eigenvalue weighted by Gasteiger charge is 2.42. The number of thioether (sulfide) groups is 1. The summed E-state index contributed by atoms with van der Waals surface area (Å²) >= 11 is 7.80. The first kappa shape index (κ1) is 47.8. The SMILES string of the molecule is O=C(CCCC[C@H]1SC[C@@H]2NC(=O)N[C@@H]21)NCCCCCOC(=O)CCCCCC1=CC=C(c2ccc(OCC(=O)NC3CCC(NC(=O)COc4ccc(Cl)cc4)CC3)cc2)C1. The van der Waals surface area contributed by atoms with Crippen molar-refractivity contribution in [2.45, 2.75) is 139 Å². The Kier molecular flexibility index (Phi) is 19.4. The molecule has 0 bridgehead atoms. The van der Waals surface area contributed by atoms with Crippen LogP contribution in [0.4, 0.5) is 4.79 Å². The molecule has 2 aliphatic carbocycles. The van der Waals surface area contributed by atoms with Crippen LogP contribution in [0, 0.1) is 0 Å². The number of hydrogen-bond donors (Lipinski definition) is 5. The Morgan fingerprint density at radius 2 is 1.37 bits per heavy atom. The van der Waals surface area contributed by atoms with E-state index in [2.05, 4.69) is 38.7 Å². The van der Waals surface area contributed by atoms with Gasteiger partial charge in [0.1, 0.15) is 11.5 Å². The number of halogens is 1. The molecule has 13 nitrogen and oxygen atoms in total. The summed E-state index contributed by atoms with van der Waals surface area (Å²) in [5.74, 6) is 1.81. The largest absolute Gasteiger partial charge is 0.484 e. The van der Waals surface area contributed by atoms with Gasteiger partial charge < -0.3 is 40.8 Å². The maximum atomic E-state index is 12.6. The van der Waals surface area contributed by atoms with Gasteiger partial charge in [0.15, 0.2) is 13.2 Å². The van der Waals surface area contributed by atoms with Gasteiger partial charge in [0.2, 0.25) is 5.91 Å². The Hall–Kier alpha value is -4.69. The maximum absolute atomic E-state index is 12.6. The lowest BCUT2D eigenvalue weighted by molar-refractivity contribution is -0.144. The minimum atomic E-state index is -0.168. The van der Waals surface area contributed by atoms with E-state index in [-0.39, 0.29) is 67.1 Å². The van der Waals surface area contributed by atoms with Crippen molar-refractivity contribution in [2.24, 2.45) is 0 Å². The molecular formula is C48H64ClN5O8S. The summed E-state index contributed by atoms with van der Waals surface area (Å²) < 4.78 is 16.7. The molecule has 3 atom stereocenters. The monoisotopic (exact) mass is 905 g/mol. The number of rotatable bonds is 26. The van der Waals surface area contributed by atoms with E-state index in [4.69, 9.17) is 25.8 Å². The van der Waals surface area contributed by atoms with Crippen LogP contribution < -0.4 is 36.1 Å². The first-order valence-corrected chi connectivity index (χ1v) is 24.3. The number of allylic oxidation sites excluding steroid dienone is 4. The second-order valence-corrected chi connectivity index (χ2v) is 18.7. The van der Waals surface area contributed by atoms with Crippen molar-refractivity contribution in [3.63, 3.8) is 0 Å². The first-order chi connectivity index (χ1) is 30.7. The van der Waals surface area contributed by atoms with Crippen LogP contribution in [0.5, 0.6) is 11.5 Å². The first-order valence-electron chi connectivity index (χ1n) is 22.9. The molecule has 5 amide bonds. The summed E-state index contributed by atoms with van der Waals surface area (Å²) in [6.07, 6.45) is 18.6. The maximum Gasteiger partial charge on any atom is 0.315 e. The molecule has 2 aliphatic heterocycles. The number of nitrogens with one attached hydrogen (secondary N) is 5. The lowest BCUT2D eigenvalue weighted by Crippen LogP contribution is -2.45. The third-order valence-electron chi connectivity index (χ3n) is 12.0. The summed E-state index contributed by atoms with van der Waals surface area (Å²) in [7, 11) is 0. The Balaban J connectivity index is 0.710. The standard InChI is InChI=1S/C48H64ClN5O8S/c49-36-17-25-40(26-18-36)62-31-45(57)52-38-21-19-37(20-22-38)51-44(56)30-61-39-23-15-34(16-24-39)35-14-13-33(29-35)9-3-1-4-12-46(58)60-28-8-2-7-27-50-43(55)11-6-5-10-42-47-41(32-63-42)53-48(59)54-47/h13-18,23-26,37-38,41-42,47H,1-12,19-22,27-32H2,(H,50,55)(H,51,56)(H,52,57)(H2,53,54,59)/t37?,38?,41-,42+,47-/m0/s1. The molecule has 0 radical (unpaired) electrons. The lowest BCUT2D eigenvalue weighted by atomic mass is 9.91. The van der Waals surface area contributed by atoms with Crippen molar-refractivity contribution in [2.75, 3.05) is 32.1 Å². The van der Waals surface area contributed by atoms with E-state index in [0.29, 0.717) is 47.8 Å². The summed E-state index contributed by atoms with van der Waals surface area (Å²) in [5, 5.41) is 16.1. The van der Waals surface area contributed by atoms with Crippen LogP contribution in [-0.4, -0.2) is 91.3 Å². The van der Waals surface area contributed by atoms with E-state index in [1.807, 2.05) is 36.0 Å². The molecule has 3 fully saturated rings. The van der Waals surface area contributed by atoms with E-state index >= 15 is 0 Å². The van der Waals surface area contributed by atoms with E-state index in [1.54, 1.807) is 24.3 Å². The zero-order valence-electron chi connectivity index (χ0n) is 36.3. The van der Waals surface area contributed by atoms with Gasteiger partial charge in [0.05, 0.1) is 18.7 Å². The van der Waals surface area contributed by atoms with Gasteiger partial charge in [0.25, 0.3) is 11.8 Å². The molecule has 2 aromatic carbocycles. The van der Waals surface area contributed by atoms with Gasteiger partial charge in [-0.3, -0.25) is 19.2 Å². The summed E-state index contributed by atoms with van der Waals surface area (Å²) in [6.45, 7) is 0.947. The number of esters is 1. The average molecular weight is 907 g/mol. The van der Waals surface area contributed by atoms with E-state index in [9.17, 15) is 24.0 Å². The Morgan fingerprint density at radius 3 is 2.06 bits per heavy atom. The van der Waals surface area contributed by atoms with Crippen molar-refractivity contribution in [3.05, 3.63) is 76.8 Å². The minimum absolute atomic E-state index is 0.0515. The molecular weight excluding hydrogens is 842 g/mol. The number of amides is 5. The van der Waals surface area contributed by atoms with Crippen molar-refractivity contribution < 1.29 is 38.2 Å². The molecule has 1 saturated carbocycles. The molecule has 5 N–H and O–H groups in total. The number of unbranched alkanes of at least 4 members (excludes halogenated alkanes) is 5. The number of urea groups is 1. The topological polar surface area (TPSA) is 173 Å². The van der Waals surface area contributed by atoms with Gasteiger partial charge in [-0.2, -0.15) is 11.8 Å². The number of carbonyl (C=O) groups is 5. The van der Waals surface area contributed by atoms with E-state index in [0.717, 1.165) is 108 Å². The molecule has 0 spiro atoms. The zero-order chi connectivity index (χ0) is 44.2. The van der Waals surface area contributed by atoms with Crippen molar-refractivity contribution >= 4 is 58.7 Å². The normalized spacial score (nSPS) is 21.3. The smallest absolute Gasteiger partial charge is 0.315 e. The number of ether oxygens (including phenoxy) is 3. The second kappa shape index (κ2) is 25.6. The molecule has 2 heterocycles. The van der Waals surface area contributed by atoms with Gasteiger partial charge in [-0.25, -0.2) is 4.79 Å². The van der Waals surface area contributed by atoms with Crippen LogP contribution in [0.2, 0.25) is 5.02 Å². The van der Waals surface area contributed by atoms with Crippen molar-refractivity contribution in [3.8, 4) is 11.5 Å². The van der Waals surface area contributed by atoms with Crippen molar-refractivity contribution in [1.29, 1.82) is 0 Å². The molecule has 63 heavy (non-hydrogen) atoms. The number of benzene rings is 2. The highest BCUT2D eigenvalue weighted by molar-refractivity contribution is 8.00. The molecule has 4 aliphatic rings. The van der Waals surface area contributed by atoms with Crippen molar-refractivity contribution in [1.82, 2.24) is 26.6 Å². The third-order valence-corrected chi connectivity index (χ3v) is 13.8. The quantitative estimate of drug-likeness (QED) is 0.0363. The van der Waals surface area contributed by atoms with Gasteiger partial charge in [-0.1, -0.05) is 54.3 Å². The van der Waals surface area contributed by atoms with Gasteiger partial charge in [0, 0.05) is 47.5 Å². The Morgan fingerprint density at radius 1 is 0.714 bits per heavy atom. The molecule has 2 aromatic rings. The average Bonchev–Trinajstić information content (AvgIpc) is 4.01. The van der Waals surface area contributed by atoms with Crippen LogP contribution in [0.3, 0.4) is 0 Å². The number of hydrogen-bond acceptors (Lipinski definition) is 9. The molecule has 6 rings (SSSR count). The fourth-order valence-corrected chi connectivity index (χ4v) is 10.2. The van der Waals surface area contributed by atoms with Crippen LogP contribution in [0.25, 0.3) is 5.57 Å². The zero-order valence-corrected chi connectivity index (χ0v) is 37.8. The third kappa shape index (κ3) is 16.7. The minimum Gasteiger partial charge on any atom is -0.484 e. The van der Waals surface area contributed by atoms with Crippen LogP contribution in [0.1, 0.15) is 115 Å². The fraction of sp³-hybridized carbons (Fsp3) is 0.562. The molecule has 0 aromatic heterocycles. The molecule has 2 saturated heterocycles. The molecule has 15 heteroatoms. The Labute approximate surface area is 381 Å². The predicted molar refractivity (Wildman–Crippen MR) is 247 cm³/mol. The van der Waals surface area contributed by atoms with E-state index in [1.165, 1.54) is 11.1 Å². The van der Waals surface area contributed by atoms with Crippen LogP contribution in [-0.2, 0) is 23.9 Å².